The summed E-state index contributed by atoms with van der Waals surface area (Å²) < 4.78 is 3.85. The van der Waals surface area contributed by atoms with Crippen LogP contribution in [0.2, 0.25) is 0 Å². The molecule has 0 bridgehead atoms. The first-order valence-electron chi connectivity index (χ1n) is 10.1. The zero-order valence-electron chi connectivity index (χ0n) is 17.2. The SMILES string of the molecule is CCN(CC)CCn1c(NC(=O)c2ccc(-n3ccnc3)nc2)nc2ccccc21. The molecule has 8 heteroatoms. The zero-order chi connectivity index (χ0) is 20.9. The van der Waals surface area contributed by atoms with E-state index >= 15 is 0 Å². The molecule has 154 valence electrons. The van der Waals surface area contributed by atoms with Crippen LogP contribution in [0.5, 0.6) is 0 Å². The maximum absolute atomic E-state index is 12.9. The van der Waals surface area contributed by atoms with Gasteiger partial charge in [-0.05, 0) is 37.4 Å². The number of amides is 1. The largest absolute Gasteiger partial charge is 0.309 e. The molecule has 0 atom stereocenters. The third kappa shape index (κ3) is 4.08. The lowest BCUT2D eigenvalue weighted by Crippen LogP contribution is -2.27. The van der Waals surface area contributed by atoms with Gasteiger partial charge in [0, 0.05) is 31.7 Å². The van der Waals surface area contributed by atoms with Crippen LogP contribution in [-0.2, 0) is 6.54 Å². The zero-order valence-corrected chi connectivity index (χ0v) is 17.2. The number of imidazole rings is 2. The Bertz CT molecular complexity index is 1110. The molecule has 0 aliphatic heterocycles. The van der Waals surface area contributed by atoms with E-state index in [0.717, 1.165) is 37.2 Å². The van der Waals surface area contributed by atoms with Gasteiger partial charge in [-0.25, -0.2) is 15.0 Å². The minimum Gasteiger partial charge on any atom is -0.309 e. The molecule has 1 aromatic carbocycles. The number of pyridine rings is 1. The third-order valence-electron chi connectivity index (χ3n) is 5.19. The molecule has 0 saturated heterocycles. The predicted molar refractivity (Wildman–Crippen MR) is 117 cm³/mol. The number of para-hydroxylation sites is 2. The Labute approximate surface area is 175 Å². The van der Waals surface area contributed by atoms with E-state index in [2.05, 4.69) is 43.6 Å². The van der Waals surface area contributed by atoms with Crippen LogP contribution in [-0.4, -0.2) is 54.5 Å². The van der Waals surface area contributed by atoms with E-state index in [0.29, 0.717) is 17.3 Å². The second kappa shape index (κ2) is 8.87. The quantitative estimate of drug-likeness (QED) is 0.489. The number of benzene rings is 1. The summed E-state index contributed by atoms with van der Waals surface area (Å²) in [5.74, 6) is 1.02. The van der Waals surface area contributed by atoms with Crippen LogP contribution in [0, 0.1) is 0 Å². The van der Waals surface area contributed by atoms with E-state index in [1.54, 1.807) is 41.6 Å². The van der Waals surface area contributed by atoms with Gasteiger partial charge >= 0.3 is 0 Å². The molecule has 3 aromatic heterocycles. The number of fused-ring (bicyclic) bond motifs is 1. The molecule has 30 heavy (non-hydrogen) atoms. The van der Waals surface area contributed by atoms with E-state index in [9.17, 15) is 4.79 Å². The molecule has 0 fully saturated rings. The Hall–Kier alpha value is -3.52. The van der Waals surface area contributed by atoms with Gasteiger partial charge in [0.15, 0.2) is 0 Å². The standard InChI is InChI=1S/C22H25N7O/c1-3-27(4-2)13-14-29-19-8-6-5-7-18(19)25-22(29)26-21(30)17-9-10-20(24-15-17)28-12-11-23-16-28/h5-12,15-16H,3-4,13-14H2,1-2H3,(H,25,26,30). The number of hydrogen-bond donors (Lipinski definition) is 1. The molecule has 0 radical (unpaired) electrons. The number of nitrogens with one attached hydrogen (secondary N) is 1. The summed E-state index contributed by atoms with van der Waals surface area (Å²) in [7, 11) is 0. The van der Waals surface area contributed by atoms with Crippen molar-refractivity contribution in [3.8, 4) is 5.82 Å². The summed E-state index contributed by atoms with van der Waals surface area (Å²) in [6, 6.07) is 11.5. The van der Waals surface area contributed by atoms with Gasteiger partial charge in [-0.3, -0.25) is 14.7 Å². The van der Waals surface area contributed by atoms with Gasteiger partial charge in [0.2, 0.25) is 5.95 Å². The molecule has 0 aliphatic rings. The highest BCUT2D eigenvalue weighted by Crippen LogP contribution is 2.20. The van der Waals surface area contributed by atoms with E-state index in [1.807, 2.05) is 24.3 Å². The number of rotatable bonds is 8. The highest BCUT2D eigenvalue weighted by Gasteiger charge is 2.15. The van der Waals surface area contributed by atoms with Crippen molar-refractivity contribution in [3.63, 3.8) is 0 Å². The Kier molecular flexibility index (Phi) is 5.85. The molecular formula is C22H25N7O. The third-order valence-corrected chi connectivity index (χ3v) is 5.19. The lowest BCUT2D eigenvalue weighted by Gasteiger charge is -2.19. The smallest absolute Gasteiger partial charge is 0.259 e. The predicted octanol–water partition coefficient (Wildman–Crippen LogP) is 3.21. The van der Waals surface area contributed by atoms with E-state index in [-0.39, 0.29) is 5.91 Å². The summed E-state index contributed by atoms with van der Waals surface area (Å²) in [5, 5.41) is 2.97. The van der Waals surface area contributed by atoms with Gasteiger partial charge in [-0.2, -0.15) is 0 Å². The van der Waals surface area contributed by atoms with Crippen LogP contribution < -0.4 is 5.32 Å². The van der Waals surface area contributed by atoms with Gasteiger partial charge in [0.1, 0.15) is 12.1 Å². The first kappa shape index (κ1) is 19.8. The van der Waals surface area contributed by atoms with Crippen molar-refractivity contribution in [1.29, 1.82) is 0 Å². The fraction of sp³-hybridized carbons (Fsp3) is 0.273. The number of aromatic nitrogens is 5. The van der Waals surface area contributed by atoms with Crippen molar-refractivity contribution < 1.29 is 4.79 Å². The maximum atomic E-state index is 12.9. The van der Waals surface area contributed by atoms with Crippen molar-refractivity contribution in [2.75, 3.05) is 25.0 Å². The van der Waals surface area contributed by atoms with Gasteiger partial charge < -0.3 is 9.47 Å². The van der Waals surface area contributed by atoms with Crippen molar-refractivity contribution in [3.05, 3.63) is 66.9 Å². The molecule has 1 amide bonds. The molecule has 8 nitrogen and oxygen atoms in total. The van der Waals surface area contributed by atoms with Crippen LogP contribution in [0.25, 0.3) is 16.9 Å². The molecule has 4 rings (SSSR count). The lowest BCUT2D eigenvalue weighted by atomic mass is 10.2. The Morgan fingerprint density at radius 1 is 1.13 bits per heavy atom. The number of likely N-dealkylation sites (N-methyl/N-ethyl adjacent to an activating group) is 1. The van der Waals surface area contributed by atoms with Gasteiger partial charge in [-0.15, -0.1) is 0 Å². The number of carbonyl (C=O) groups excluding carboxylic acids is 1. The van der Waals surface area contributed by atoms with Crippen LogP contribution in [0.4, 0.5) is 5.95 Å². The van der Waals surface area contributed by atoms with Gasteiger partial charge in [0.05, 0.1) is 16.6 Å². The van der Waals surface area contributed by atoms with Crippen molar-refractivity contribution in [2.24, 2.45) is 0 Å². The first-order chi connectivity index (χ1) is 14.7. The maximum Gasteiger partial charge on any atom is 0.259 e. The second-order valence-corrected chi connectivity index (χ2v) is 6.93. The van der Waals surface area contributed by atoms with E-state index in [4.69, 9.17) is 0 Å². The van der Waals surface area contributed by atoms with E-state index < -0.39 is 0 Å². The Balaban J connectivity index is 1.56. The van der Waals surface area contributed by atoms with Crippen molar-refractivity contribution in [2.45, 2.75) is 20.4 Å². The fourth-order valence-corrected chi connectivity index (χ4v) is 3.42. The summed E-state index contributed by atoms with van der Waals surface area (Å²) in [6.45, 7) is 7.91. The minimum absolute atomic E-state index is 0.237. The number of anilines is 1. The number of nitrogens with zero attached hydrogens (tertiary/aromatic N) is 6. The fourth-order valence-electron chi connectivity index (χ4n) is 3.42. The Morgan fingerprint density at radius 2 is 1.97 bits per heavy atom. The molecule has 0 unspecified atom stereocenters. The summed E-state index contributed by atoms with van der Waals surface area (Å²) in [5.41, 5.74) is 2.34. The van der Waals surface area contributed by atoms with Crippen LogP contribution in [0.1, 0.15) is 24.2 Å². The minimum atomic E-state index is -0.237. The van der Waals surface area contributed by atoms with Gasteiger partial charge in [-0.1, -0.05) is 26.0 Å². The van der Waals surface area contributed by atoms with Gasteiger partial charge in [0.25, 0.3) is 5.91 Å². The Morgan fingerprint density at radius 3 is 2.67 bits per heavy atom. The van der Waals surface area contributed by atoms with E-state index in [1.165, 1.54) is 0 Å². The van der Waals surface area contributed by atoms with Crippen LogP contribution in [0.3, 0.4) is 0 Å². The molecule has 0 aliphatic carbocycles. The number of carbonyl (C=O) groups is 1. The van der Waals surface area contributed by atoms with Crippen molar-refractivity contribution >= 4 is 22.9 Å². The summed E-state index contributed by atoms with van der Waals surface area (Å²) >= 11 is 0. The number of hydrogen-bond acceptors (Lipinski definition) is 5. The summed E-state index contributed by atoms with van der Waals surface area (Å²) in [6.07, 6.45) is 6.72. The average Bonchev–Trinajstić information content (AvgIpc) is 3.43. The molecular weight excluding hydrogens is 378 g/mol. The molecule has 0 saturated carbocycles. The van der Waals surface area contributed by atoms with Crippen molar-refractivity contribution in [1.82, 2.24) is 29.0 Å². The molecule has 0 spiro atoms. The molecule has 1 N–H and O–H groups in total. The first-order valence-corrected chi connectivity index (χ1v) is 10.1. The monoisotopic (exact) mass is 403 g/mol. The molecule has 3 heterocycles. The highest BCUT2D eigenvalue weighted by atomic mass is 16.1. The normalized spacial score (nSPS) is 11.3. The average molecular weight is 403 g/mol. The van der Waals surface area contributed by atoms with Crippen LogP contribution in [0.15, 0.2) is 61.3 Å². The topological polar surface area (TPSA) is 80.9 Å². The lowest BCUT2D eigenvalue weighted by molar-refractivity contribution is 0.102. The molecule has 4 aromatic rings. The van der Waals surface area contributed by atoms with Crippen LogP contribution >= 0.6 is 0 Å². The highest BCUT2D eigenvalue weighted by molar-refractivity contribution is 6.04. The second-order valence-electron chi connectivity index (χ2n) is 6.93. The summed E-state index contributed by atoms with van der Waals surface area (Å²) in [4.78, 5) is 28.2.